The fourth-order valence-corrected chi connectivity index (χ4v) is 3.44. The molecule has 0 radical (unpaired) electrons. The van der Waals surface area contributed by atoms with E-state index in [1.165, 1.54) is 44.9 Å². The normalized spacial score (nSPS) is 19.9. The topological polar surface area (TPSA) is 40.5 Å². The van der Waals surface area contributed by atoms with E-state index in [4.69, 9.17) is 0 Å². The third-order valence-electron chi connectivity index (χ3n) is 4.87. The van der Waals surface area contributed by atoms with Crippen molar-refractivity contribution in [1.29, 1.82) is 0 Å². The lowest BCUT2D eigenvalue weighted by Gasteiger charge is -2.26. The second-order valence-electron chi connectivity index (χ2n) is 6.75. The Morgan fingerprint density at radius 2 is 1.40 bits per heavy atom. The molecule has 120 valence electrons. The van der Waals surface area contributed by atoms with Crippen LogP contribution in [-0.4, -0.2) is 22.4 Å². The highest BCUT2D eigenvalue weighted by Gasteiger charge is 2.20. The van der Waals surface area contributed by atoms with Crippen LogP contribution in [0.5, 0.6) is 0 Å². The molecule has 0 spiro atoms. The summed E-state index contributed by atoms with van der Waals surface area (Å²) in [6.45, 7) is 2.20. The molecule has 0 aliphatic heterocycles. The Kier molecular flexibility index (Phi) is 10.4. The minimum absolute atomic E-state index is 0.0650. The van der Waals surface area contributed by atoms with E-state index in [0.29, 0.717) is 5.92 Å². The van der Waals surface area contributed by atoms with Gasteiger partial charge >= 0.3 is 0 Å². The first kappa shape index (κ1) is 18.0. The maximum atomic E-state index is 10.2. The Bertz CT molecular complexity index is 211. The first-order valence-electron chi connectivity index (χ1n) is 9.10. The van der Waals surface area contributed by atoms with E-state index < -0.39 is 0 Å². The minimum Gasteiger partial charge on any atom is -0.393 e. The number of aliphatic hydroxyl groups excluding tert-OH is 2. The van der Waals surface area contributed by atoms with Gasteiger partial charge in [0.1, 0.15) is 0 Å². The van der Waals surface area contributed by atoms with Gasteiger partial charge in [0.2, 0.25) is 0 Å². The molecular weight excluding hydrogens is 248 g/mol. The first-order valence-corrected chi connectivity index (χ1v) is 9.10. The van der Waals surface area contributed by atoms with Crippen molar-refractivity contribution in [1.82, 2.24) is 0 Å². The second kappa shape index (κ2) is 11.6. The molecule has 1 aliphatic rings. The van der Waals surface area contributed by atoms with Gasteiger partial charge in [0.25, 0.3) is 0 Å². The van der Waals surface area contributed by atoms with Gasteiger partial charge in [-0.1, -0.05) is 64.7 Å². The zero-order valence-corrected chi connectivity index (χ0v) is 13.5. The average molecular weight is 284 g/mol. The molecule has 2 nitrogen and oxygen atoms in total. The van der Waals surface area contributed by atoms with E-state index in [9.17, 15) is 10.2 Å². The lowest BCUT2D eigenvalue weighted by molar-refractivity contribution is 0.0743. The van der Waals surface area contributed by atoms with Gasteiger partial charge < -0.3 is 10.2 Å². The molecule has 1 saturated carbocycles. The number of hydrogen-bond acceptors (Lipinski definition) is 2. The van der Waals surface area contributed by atoms with E-state index in [1.807, 2.05) is 0 Å². The average Bonchev–Trinajstić information content (AvgIpc) is 2.48. The minimum atomic E-state index is -0.0928. The van der Waals surface area contributed by atoms with Gasteiger partial charge in [0.15, 0.2) is 0 Å². The number of rotatable bonds is 11. The summed E-state index contributed by atoms with van der Waals surface area (Å²) in [5.41, 5.74) is 0. The van der Waals surface area contributed by atoms with E-state index in [2.05, 4.69) is 6.92 Å². The van der Waals surface area contributed by atoms with Gasteiger partial charge in [-0.05, 0) is 38.0 Å². The molecule has 0 amide bonds. The van der Waals surface area contributed by atoms with Crippen LogP contribution < -0.4 is 0 Å². The summed E-state index contributed by atoms with van der Waals surface area (Å²) in [7, 11) is 0. The van der Waals surface area contributed by atoms with Crippen LogP contribution in [0.15, 0.2) is 0 Å². The molecule has 2 N–H and O–H groups in total. The Morgan fingerprint density at radius 1 is 0.800 bits per heavy atom. The third kappa shape index (κ3) is 8.26. The summed E-state index contributed by atoms with van der Waals surface area (Å²) < 4.78 is 0. The van der Waals surface area contributed by atoms with Crippen molar-refractivity contribution >= 4 is 0 Å². The molecule has 1 rings (SSSR count). The molecule has 1 fully saturated rings. The highest BCUT2D eigenvalue weighted by atomic mass is 16.3. The summed E-state index contributed by atoms with van der Waals surface area (Å²) in [5.74, 6) is 0.573. The van der Waals surface area contributed by atoms with Crippen molar-refractivity contribution in [3.63, 3.8) is 0 Å². The summed E-state index contributed by atoms with van der Waals surface area (Å²) in [4.78, 5) is 0. The molecule has 20 heavy (non-hydrogen) atoms. The molecule has 0 unspecified atom stereocenters. The lowest BCUT2D eigenvalue weighted by Crippen LogP contribution is -2.22. The molecule has 2 heteroatoms. The Balaban J connectivity index is 1.93. The highest BCUT2D eigenvalue weighted by Crippen LogP contribution is 2.28. The van der Waals surface area contributed by atoms with E-state index in [1.54, 1.807) is 0 Å². The molecule has 0 aromatic rings. The standard InChI is InChI=1S/C18H36O2/c1-2-3-6-13-17(19)14-9-5-10-15-18(20)16-11-7-4-8-12-16/h16-20H,2-15H2,1H3/t17-,18-/m1/s1. The van der Waals surface area contributed by atoms with Crippen LogP contribution in [0.1, 0.15) is 96.8 Å². The lowest BCUT2D eigenvalue weighted by atomic mass is 9.83. The zero-order chi connectivity index (χ0) is 14.6. The van der Waals surface area contributed by atoms with Gasteiger partial charge in [-0.25, -0.2) is 0 Å². The van der Waals surface area contributed by atoms with Crippen LogP contribution in [0.4, 0.5) is 0 Å². The van der Waals surface area contributed by atoms with Crippen molar-refractivity contribution in [2.45, 2.75) is 109 Å². The van der Waals surface area contributed by atoms with Gasteiger partial charge in [0.05, 0.1) is 12.2 Å². The predicted molar refractivity (Wildman–Crippen MR) is 85.8 cm³/mol. The van der Waals surface area contributed by atoms with Crippen LogP contribution >= 0.6 is 0 Å². The fraction of sp³-hybridized carbons (Fsp3) is 1.00. The second-order valence-corrected chi connectivity index (χ2v) is 6.75. The predicted octanol–water partition coefficient (Wildman–Crippen LogP) is 4.82. The molecule has 0 aromatic heterocycles. The quantitative estimate of drug-likeness (QED) is 0.534. The summed E-state index contributed by atoms with van der Waals surface area (Å²) in [6, 6.07) is 0. The zero-order valence-electron chi connectivity index (χ0n) is 13.5. The smallest absolute Gasteiger partial charge is 0.0568 e. The molecule has 1 aliphatic carbocycles. The van der Waals surface area contributed by atoms with Crippen LogP contribution in [0, 0.1) is 5.92 Å². The van der Waals surface area contributed by atoms with Gasteiger partial charge in [-0.15, -0.1) is 0 Å². The third-order valence-corrected chi connectivity index (χ3v) is 4.87. The van der Waals surface area contributed by atoms with Crippen molar-refractivity contribution in [2.75, 3.05) is 0 Å². The van der Waals surface area contributed by atoms with Crippen molar-refractivity contribution in [3.05, 3.63) is 0 Å². The monoisotopic (exact) mass is 284 g/mol. The summed E-state index contributed by atoms with van der Waals surface area (Å²) in [5, 5.41) is 20.0. The maximum absolute atomic E-state index is 10.2. The van der Waals surface area contributed by atoms with Crippen molar-refractivity contribution < 1.29 is 10.2 Å². The maximum Gasteiger partial charge on any atom is 0.0568 e. The van der Waals surface area contributed by atoms with Crippen molar-refractivity contribution in [2.24, 2.45) is 5.92 Å². The van der Waals surface area contributed by atoms with E-state index in [-0.39, 0.29) is 12.2 Å². The van der Waals surface area contributed by atoms with Crippen LogP contribution in [0.2, 0.25) is 0 Å². The molecule has 0 aromatic carbocycles. The first-order chi connectivity index (χ1) is 9.74. The van der Waals surface area contributed by atoms with Crippen molar-refractivity contribution in [3.8, 4) is 0 Å². The Labute approximate surface area is 126 Å². The Morgan fingerprint density at radius 3 is 2.05 bits per heavy atom. The Hall–Kier alpha value is -0.0800. The SMILES string of the molecule is CCCCC[C@@H](O)CCCCC[C@@H](O)C1CCCCC1. The number of hydrogen-bond donors (Lipinski definition) is 2. The van der Waals surface area contributed by atoms with Gasteiger partial charge in [-0.3, -0.25) is 0 Å². The fourth-order valence-electron chi connectivity index (χ4n) is 3.44. The van der Waals surface area contributed by atoms with Crippen LogP contribution in [-0.2, 0) is 0 Å². The molecule has 0 heterocycles. The largest absolute Gasteiger partial charge is 0.393 e. The van der Waals surface area contributed by atoms with Crippen LogP contribution in [0.3, 0.4) is 0 Å². The van der Waals surface area contributed by atoms with Gasteiger partial charge in [-0.2, -0.15) is 0 Å². The summed E-state index contributed by atoms with van der Waals surface area (Å²) >= 11 is 0. The highest BCUT2D eigenvalue weighted by molar-refractivity contribution is 4.73. The number of unbranched alkanes of at least 4 members (excludes halogenated alkanes) is 4. The van der Waals surface area contributed by atoms with Gasteiger partial charge in [0, 0.05) is 0 Å². The molecule has 0 saturated heterocycles. The molecular formula is C18H36O2. The van der Waals surface area contributed by atoms with E-state index >= 15 is 0 Å². The van der Waals surface area contributed by atoms with E-state index in [0.717, 1.165) is 44.9 Å². The molecule has 2 atom stereocenters. The molecule has 0 bridgehead atoms. The number of aliphatic hydroxyl groups is 2. The van der Waals surface area contributed by atoms with Crippen LogP contribution in [0.25, 0.3) is 0 Å². The summed E-state index contributed by atoms with van der Waals surface area (Å²) in [6.07, 6.45) is 16.2.